The van der Waals surface area contributed by atoms with E-state index in [1.165, 1.54) is 0 Å². The normalized spacial score (nSPS) is 6.00. The maximum Gasteiger partial charge on any atom is 0.251 e. The molecule has 0 aromatic heterocycles. The summed E-state index contributed by atoms with van der Waals surface area (Å²) in [6.07, 6.45) is 0. The van der Waals surface area contributed by atoms with Gasteiger partial charge >= 0.3 is 0 Å². The number of rotatable bonds is 0. The van der Waals surface area contributed by atoms with Crippen molar-refractivity contribution in [2.45, 2.75) is 0 Å². The Hall–Kier alpha value is -0.620. The van der Waals surface area contributed by atoms with Crippen LogP contribution in [-0.2, 0) is 0 Å². The molecule has 49 valence electrons. The zero-order chi connectivity index (χ0) is 7.15. The van der Waals surface area contributed by atoms with Crippen LogP contribution in [0.2, 0.25) is 0 Å². The van der Waals surface area contributed by atoms with Crippen LogP contribution in [0.1, 0.15) is 1.43 Å². The molecular weight excluding hydrogens is 148 g/mol. The first-order chi connectivity index (χ1) is 3.46. The quantitative estimate of drug-likeness (QED) is 0.359. The van der Waals surface area contributed by atoms with Gasteiger partial charge in [-0.2, -0.15) is 0 Å². The Bertz CT molecular complexity index is 78.6. The maximum absolute atomic E-state index is 7.56. The Kier molecular flexibility index (Phi) is 8.28. The number of hydrogen-bond acceptors (Lipinski definition) is 2. The van der Waals surface area contributed by atoms with Crippen LogP contribution in [0.3, 0.4) is 0 Å². The van der Waals surface area contributed by atoms with Gasteiger partial charge in [0.1, 0.15) is 0 Å². The third-order valence-electron chi connectivity index (χ3n) is 0. The van der Waals surface area contributed by atoms with Gasteiger partial charge in [-0.25, -0.2) is 0 Å². The number of hydrogen-bond donors (Lipinski definition) is 4. The minimum absolute atomic E-state index is 0. The van der Waals surface area contributed by atoms with E-state index >= 15 is 0 Å². The number of nitrogens with two attached hydrogens (primary N) is 2. The van der Waals surface area contributed by atoms with Gasteiger partial charge in [-0.3, -0.25) is 0 Å². The molecule has 0 aliphatic heterocycles. The zero-order valence-corrected chi connectivity index (χ0v) is 5.50. The highest BCUT2D eigenvalue weighted by molar-refractivity contribution is 7.80. The minimum atomic E-state index is -0.500. The average Bonchev–Trinajstić information content (AvgIpc) is 1.25. The molecule has 0 fully saturated rings. The van der Waals surface area contributed by atoms with Crippen LogP contribution in [0.25, 0.3) is 0 Å². The monoisotopic (exact) mass is 156 g/mol. The first-order valence-corrected chi connectivity index (χ1v) is 2.25. The van der Waals surface area contributed by atoms with Gasteiger partial charge in [-0.15, -0.1) is 0 Å². The van der Waals surface area contributed by atoms with Gasteiger partial charge in [0, 0.05) is 1.43 Å². The summed E-state index contributed by atoms with van der Waals surface area (Å²) < 4.78 is 0. The van der Waals surface area contributed by atoms with Gasteiger partial charge in [0.15, 0.2) is 0 Å². The highest BCUT2D eigenvalue weighted by Crippen LogP contribution is 1.40. The Balaban J connectivity index is -0.0000000720. The fraction of sp³-hybridized carbons (Fsp3) is 0. The first kappa shape index (κ1) is 10.4. The molecule has 0 atom stereocenters. The van der Waals surface area contributed by atoms with Crippen molar-refractivity contribution in [3.8, 4) is 0 Å². The van der Waals surface area contributed by atoms with Crippen molar-refractivity contribution in [3.63, 3.8) is 0 Å². The zero-order valence-electron chi connectivity index (χ0n) is 4.87. The molecule has 4 nitrogen and oxygen atoms in total. The van der Waals surface area contributed by atoms with E-state index in [2.05, 4.69) is 35.9 Å². The van der Waals surface area contributed by atoms with Crippen LogP contribution < -0.4 is 11.5 Å². The Morgan fingerprint density at radius 3 is 1.12 bits per heavy atom. The second-order valence-corrected chi connectivity index (χ2v) is 1.51. The molecule has 0 aliphatic rings. The van der Waals surface area contributed by atoms with Crippen LogP contribution in [0, 0.1) is 0 Å². The summed E-state index contributed by atoms with van der Waals surface area (Å²) in [5.41, 5.74) is 8.80. The van der Waals surface area contributed by atoms with Crippen LogP contribution in [0.5, 0.6) is 0 Å². The molecule has 8 heavy (non-hydrogen) atoms. The van der Waals surface area contributed by atoms with Crippen LogP contribution >= 0.6 is 24.4 Å². The van der Waals surface area contributed by atoms with Gasteiger partial charge < -0.3 is 21.7 Å². The van der Waals surface area contributed by atoms with Crippen molar-refractivity contribution in [3.05, 3.63) is 0 Å². The molecule has 6 N–H and O–H groups in total. The molecule has 0 rings (SSSR count). The predicted octanol–water partition coefficient (Wildman–Crippen LogP) is -0.311. The molecule has 0 spiro atoms. The van der Waals surface area contributed by atoms with E-state index < -0.39 is 10.3 Å². The third kappa shape index (κ3) is 269. The molecular formula is C2H7N2O2S2. The summed E-state index contributed by atoms with van der Waals surface area (Å²) in [4.78, 5) is 0. The lowest BCUT2D eigenvalue weighted by molar-refractivity contribution is 0.559. The maximum atomic E-state index is 7.56. The largest absolute Gasteiger partial charge is 0.487 e. The number of aliphatic hydroxyl groups is 2. The van der Waals surface area contributed by atoms with Crippen molar-refractivity contribution in [2.75, 3.05) is 0 Å². The number of thiocarbonyl (C=S) groups is 2. The van der Waals surface area contributed by atoms with Crippen molar-refractivity contribution < 1.29 is 11.6 Å². The van der Waals surface area contributed by atoms with E-state index in [9.17, 15) is 0 Å². The third-order valence-corrected chi connectivity index (χ3v) is 0. The molecule has 0 saturated carbocycles. The van der Waals surface area contributed by atoms with Crippen molar-refractivity contribution >= 4 is 34.8 Å². The Labute approximate surface area is 58.6 Å². The van der Waals surface area contributed by atoms with Crippen molar-refractivity contribution in [1.82, 2.24) is 0 Å². The van der Waals surface area contributed by atoms with E-state index in [0.29, 0.717) is 0 Å². The topological polar surface area (TPSA) is 92.5 Å². The fourth-order valence-electron chi connectivity index (χ4n) is 0. The lowest BCUT2D eigenvalue weighted by Crippen LogP contribution is -2.03. The summed E-state index contributed by atoms with van der Waals surface area (Å²) in [7, 11) is 0. The summed E-state index contributed by atoms with van der Waals surface area (Å²) in [5, 5.41) is 14.1. The van der Waals surface area contributed by atoms with Crippen molar-refractivity contribution in [2.24, 2.45) is 11.5 Å². The van der Waals surface area contributed by atoms with Crippen molar-refractivity contribution in [1.29, 1.82) is 0 Å². The lowest BCUT2D eigenvalue weighted by Gasteiger charge is -1.67. The molecule has 0 amide bonds. The van der Waals surface area contributed by atoms with E-state index in [0.717, 1.165) is 0 Å². The van der Waals surface area contributed by atoms with Gasteiger partial charge in [-0.05, 0) is 24.4 Å². The first-order valence-electron chi connectivity index (χ1n) is 1.43. The molecule has 1 radical (unpaired) electrons. The smallest absolute Gasteiger partial charge is 0.251 e. The molecule has 0 bridgehead atoms. The summed E-state index contributed by atoms with van der Waals surface area (Å²) in [6.45, 7) is 0. The van der Waals surface area contributed by atoms with E-state index in [1.54, 1.807) is 0 Å². The summed E-state index contributed by atoms with van der Waals surface area (Å²) in [5.74, 6) is 0. The Morgan fingerprint density at radius 1 is 1.12 bits per heavy atom. The predicted molar refractivity (Wildman–Crippen MR) is 39.9 cm³/mol. The fourth-order valence-corrected chi connectivity index (χ4v) is 0. The van der Waals surface area contributed by atoms with Crippen LogP contribution in [0.15, 0.2) is 0 Å². The van der Waals surface area contributed by atoms with Gasteiger partial charge in [0.25, 0.3) is 10.3 Å². The summed E-state index contributed by atoms with van der Waals surface area (Å²) in [6, 6.07) is 0. The van der Waals surface area contributed by atoms with E-state index in [4.69, 9.17) is 10.2 Å². The van der Waals surface area contributed by atoms with Crippen LogP contribution in [0.4, 0.5) is 0 Å². The molecule has 0 aromatic rings. The van der Waals surface area contributed by atoms with E-state index in [1.807, 2.05) is 0 Å². The molecule has 0 unspecified atom stereocenters. The van der Waals surface area contributed by atoms with Gasteiger partial charge in [0.2, 0.25) is 0 Å². The number of aliphatic hydroxyl groups excluding tert-OH is 2. The standard InChI is InChI=1S/2CH3NOS.H/c2*2-1(3)4;/h2*(H3,2,3,4);/i;;1+1. The molecule has 0 aromatic carbocycles. The Morgan fingerprint density at radius 2 is 1.12 bits per heavy atom. The van der Waals surface area contributed by atoms with E-state index in [-0.39, 0.29) is 1.43 Å². The SMILES string of the molecule is NC(O)=S.NC(O)=S.[2H]. The van der Waals surface area contributed by atoms with Gasteiger partial charge in [0.05, 0.1) is 0 Å². The minimum Gasteiger partial charge on any atom is -0.487 e. The molecule has 0 saturated heterocycles. The average molecular weight is 156 g/mol. The summed E-state index contributed by atoms with van der Waals surface area (Å²) >= 11 is 7.74. The highest BCUT2D eigenvalue weighted by atomic mass is 32.1. The second-order valence-electron chi connectivity index (χ2n) is 0.676. The highest BCUT2D eigenvalue weighted by Gasteiger charge is 1.57. The van der Waals surface area contributed by atoms with Gasteiger partial charge in [-0.1, -0.05) is 0 Å². The lowest BCUT2D eigenvalue weighted by atomic mass is 11.4. The van der Waals surface area contributed by atoms with Crippen LogP contribution in [-0.4, -0.2) is 20.6 Å². The molecule has 0 aliphatic carbocycles. The molecule has 6 heteroatoms. The second kappa shape index (κ2) is 6.38. The molecule has 0 heterocycles.